The number of thiocarbonyl (C=S) groups is 1. The molecule has 1 aliphatic rings. The highest BCUT2D eigenvalue weighted by Crippen LogP contribution is 2.43. The lowest BCUT2D eigenvalue weighted by atomic mass is 9.97. The Hall–Kier alpha value is -3.72. The Bertz CT molecular complexity index is 1510. The number of nitrogens with zero attached hydrogens (tertiary/aromatic N) is 3. The van der Waals surface area contributed by atoms with Gasteiger partial charge in [0.25, 0.3) is 0 Å². The maximum Gasteiger partial charge on any atom is 0.185 e. The first-order valence-electron chi connectivity index (χ1n) is 11.2. The lowest BCUT2D eigenvalue weighted by Crippen LogP contribution is -2.29. The van der Waals surface area contributed by atoms with E-state index in [1.165, 1.54) is 11.3 Å². The molecule has 5 aromatic rings. The van der Waals surface area contributed by atoms with Crippen molar-refractivity contribution in [1.82, 2.24) is 25.9 Å². The van der Waals surface area contributed by atoms with Crippen molar-refractivity contribution in [3.8, 4) is 22.4 Å². The van der Waals surface area contributed by atoms with E-state index in [1.54, 1.807) is 0 Å². The molecule has 3 heterocycles. The molecule has 8 heteroatoms. The maximum absolute atomic E-state index is 16.4. The summed E-state index contributed by atoms with van der Waals surface area (Å²) in [5.41, 5.74) is 10.4. The van der Waals surface area contributed by atoms with E-state index in [1.807, 2.05) is 95.9 Å². The second-order valence-electron chi connectivity index (χ2n) is 8.21. The van der Waals surface area contributed by atoms with Crippen LogP contribution in [-0.2, 0) is 6.54 Å². The number of fused-ring (bicyclic) bond motifs is 1. The number of aromatic nitrogens is 2. The van der Waals surface area contributed by atoms with E-state index in [4.69, 9.17) is 12.2 Å². The van der Waals surface area contributed by atoms with Crippen molar-refractivity contribution in [3.63, 3.8) is 0 Å². The molecule has 6 rings (SSSR count). The minimum absolute atomic E-state index is 0.307. The summed E-state index contributed by atoms with van der Waals surface area (Å²) >= 11 is 6.83. The van der Waals surface area contributed by atoms with Crippen LogP contribution in [0.3, 0.4) is 0 Å². The minimum atomic E-state index is -0.467. The zero-order valence-corrected chi connectivity index (χ0v) is 20.1. The molecule has 1 saturated heterocycles. The fourth-order valence-corrected chi connectivity index (χ4v) is 5.68. The summed E-state index contributed by atoms with van der Waals surface area (Å²) in [7, 11) is 0. The quantitative estimate of drug-likeness (QED) is 0.288. The van der Waals surface area contributed by atoms with Crippen molar-refractivity contribution >= 4 is 38.9 Å². The summed E-state index contributed by atoms with van der Waals surface area (Å²) < 4.78 is 16.4. The molecule has 35 heavy (non-hydrogen) atoms. The van der Waals surface area contributed by atoms with E-state index < -0.39 is 6.17 Å². The molecule has 1 unspecified atom stereocenters. The summed E-state index contributed by atoms with van der Waals surface area (Å²) in [6.45, 7) is 0.546. The number of hydrogen-bond acceptors (Lipinski definition) is 5. The lowest BCUT2D eigenvalue weighted by Gasteiger charge is -2.23. The number of hydrazine groups is 1. The summed E-state index contributed by atoms with van der Waals surface area (Å²) in [4.78, 5) is 3.02. The third kappa shape index (κ3) is 3.95. The number of hydrogen-bond donors (Lipinski definition) is 2. The zero-order valence-electron chi connectivity index (χ0n) is 18.5. The molecule has 0 amide bonds. The summed E-state index contributed by atoms with van der Waals surface area (Å²) in [6, 6.07) is 29.6. The second-order valence-corrected chi connectivity index (χ2v) is 9.62. The van der Waals surface area contributed by atoms with Crippen LogP contribution in [0.1, 0.15) is 16.6 Å². The van der Waals surface area contributed by atoms with Crippen molar-refractivity contribution in [2.45, 2.75) is 12.7 Å². The molecule has 0 bridgehead atoms. The fourth-order valence-electron chi connectivity index (χ4n) is 4.38. The van der Waals surface area contributed by atoms with Crippen LogP contribution in [0, 0.1) is 5.82 Å². The lowest BCUT2D eigenvalue weighted by molar-refractivity contribution is 0.307. The maximum atomic E-state index is 16.4. The third-order valence-corrected chi connectivity index (χ3v) is 7.46. The molecular weight excluding hydrogens is 477 g/mol. The van der Waals surface area contributed by atoms with Crippen molar-refractivity contribution in [3.05, 3.63) is 107 Å². The first-order chi connectivity index (χ1) is 17.2. The highest BCUT2D eigenvalue weighted by Gasteiger charge is 2.34. The number of rotatable bonds is 5. The molecule has 1 aliphatic heterocycles. The topological polar surface area (TPSA) is 53.1 Å². The summed E-state index contributed by atoms with van der Waals surface area (Å²) in [5.74, 6) is -0.307. The highest BCUT2D eigenvalue weighted by molar-refractivity contribution is 7.80. The van der Waals surface area contributed by atoms with E-state index in [0.717, 1.165) is 22.3 Å². The Kier molecular flexibility index (Phi) is 5.69. The summed E-state index contributed by atoms with van der Waals surface area (Å²) in [6.07, 6.45) is -0.467. The molecule has 0 spiro atoms. The standard InChI is InChI=1S/C27H20FN5S2/c28-22-21-20(18-12-6-2-7-13-18)23(19-14-8-3-9-15-19)29-31-26(21)35-24(22)25-30-32-27(34)33(25)16-17-10-4-1-5-11-17/h1-15,25,30H,16H2,(H,32,34). The van der Waals surface area contributed by atoms with E-state index in [0.29, 0.717) is 32.4 Å². The Morgan fingerprint density at radius 3 is 2.17 bits per heavy atom. The highest BCUT2D eigenvalue weighted by atomic mass is 32.1. The SMILES string of the molecule is Fc1c(C2NNC(=S)N2Cc2ccccc2)sc2nnc(-c3ccccc3)c(-c3ccccc3)c12. The van der Waals surface area contributed by atoms with Crippen molar-refractivity contribution < 1.29 is 4.39 Å². The average Bonchev–Trinajstić information content (AvgIpc) is 3.44. The van der Waals surface area contributed by atoms with Crippen molar-refractivity contribution in [2.24, 2.45) is 0 Å². The Morgan fingerprint density at radius 1 is 0.857 bits per heavy atom. The molecule has 172 valence electrons. The summed E-state index contributed by atoms with van der Waals surface area (Å²) in [5, 5.41) is 10.0. The smallest absolute Gasteiger partial charge is 0.185 e. The van der Waals surface area contributed by atoms with Crippen LogP contribution in [0.5, 0.6) is 0 Å². The number of halogens is 1. The van der Waals surface area contributed by atoms with Crippen LogP contribution in [0.4, 0.5) is 4.39 Å². The van der Waals surface area contributed by atoms with Gasteiger partial charge in [0.05, 0.1) is 10.3 Å². The van der Waals surface area contributed by atoms with E-state index >= 15 is 4.39 Å². The molecule has 0 saturated carbocycles. The van der Waals surface area contributed by atoms with Crippen molar-refractivity contribution in [1.29, 1.82) is 0 Å². The van der Waals surface area contributed by atoms with Crippen LogP contribution >= 0.6 is 23.6 Å². The Morgan fingerprint density at radius 2 is 1.49 bits per heavy atom. The largest absolute Gasteiger partial charge is 0.322 e. The minimum Gasteiger partial charge on any atom is -0.322 e. The van der Waals surface area contributed by atoms with Gasteiger partial charge in [-0.1, -0.05) is 91.0 Å². The van der Waals surface area contributed by atoms with Crippen LogP contribution in [0.2, 0.25) is 0 Å². The second kappa shape index (κ2) is 9.14. The molecule has 1 fully saturated rings. The van der Waals surface area contributed by atoms with Crippen LogP contribution in [0.15, 0.2) is 91.0 Å². The predicted octanol–water partition coefficient (Wildman–Crippen LogP) is 6.06. The van der Waals surface area contributed by atoms with Crippen molar-refractivity contribution in [2.75, 3.05) is 0 Å². The first-order valence-corrected chi connectivity index (χ1v) is 12.4. The molecule has 1 atom stereocenters. The first kappa shape index (κ1) is 21.8. The molecule has 5 nitrogen and oxygen atoms in total. The van der Waals surface area contributed by atoms with E-state index in [9.17, 15) is 0 Å². The van der Waals surface area contributed by atoms with Gasteiger partial charge >= 0.3 is 0 Å². The molecule has 0 aliphatic carbocycles. The molecule has 0 radical (unpaired) electrons. The van der Waals surface area contributed by atoms with Crippen LogP contribution in [0.25, 0.3) is 32.6 Å². The number of nitrogens with one attached hydrogen (secondary N) is 2. The molecule has 2 N–H and O–H groups in total. The normalized spacial score (nSPS) is 15.5. The van der Waals surface area contributed by atoms with Gasteiger partial charge in [0.2, 0.25) is 0 Å². The Balaban J connectivity index is 1.52. The van der Waals surface area contributed by atoms with Gasteiger partial charge in [0.15, 0.2) is 10.9 Å². The fraction of sp³-hybridized carbons (Fsp3) is 0.0741. The van der Waals surface area contributed by atoms with Gasteiger partial charge in [-0.15, -0.1) is 21.5 Å². The molecular formula is C27H20FN5S2. The zero-order chi connectivity index (χ0) is 23.8. The van der Waals surface area contributed by atoms with Crippen LogP contribution < -0.4 is 10.9 Å². The van der Waals surface area contributed by atoms with Gasteiger partial charge in [-0.25, -0.2) is 9.82 Å². The van der Waals surface area contributed by atoms with Gasteiger partial charge in [-0.05, 0) is 23.3 Å². The van der Waals surface area contributed by atoms with E-state index in [2.05, 4.69) is 21.0 Å². The van der Waals surface area contributed by atoms with E-state index in [-0.39, 0.29) is 5.82 Å². The number of benzene rings is 3. The van der Waals surface area contributed by atoms with Gasteiger partial charge in [0.1, 0.15) is 16.7 Å². The Labute approximate surface area is 211 Å². The molecule has 3 aromatic carbocycles. The van der Waals surface area contributed by atoms with Crippen LogP contribution in [-0.4, -0.2) is 20.2 Å². The monoisotopic (exact) mass is 497 g/mol. The van der Waals surface area contributed by atoms with Gasteiger partial charge in [-0.2, -0.15) is 0 Å². The van der Waals surface area contributed by atoms with Gasteiger partial charge in [-0.3, -0.25) is 5.43 Å². The molecule has 2 aromatic heterocycles. The average molecular weight is 498 g/mol. The van der Waals surface area contributed by atoms with Gasteiger partial charge < -0.3 is 4.90 Å². The predicted molar refractivity (Wildman–Crippen MR) is 142 cm³/mol. The number of thiophene rings is 1. The van der Waals surface area contributed by atoms with Gasteiger partial charge in [0, 0.05) is 17.7 Å². The third-order valence-electron chi connectivity index (χ3n) is 6.03.